The van der Waals surface area contributed by atoms with Gasteiger partial charge in [0.05, 0.1) is 27.0 Å². The van der Waals surface area contributed by atoms with Gasteiger partial charge in [0, 0.05) is 24.3 Å². The third-order valence-electron chi connectivity index (χ3n) is 3.81. The number of methoxy groups -OCH3 is 1. The minimum atomic E-state index is -5.10. The Hall–Kier alpha value is -4.59. The van der Waals surface area contributed by atoms with Crippen molar-refractivity contribution in [2.75, 3.05) is 7.11 Å². The molecule has 2 aromatic rings. The number of nitro benzene ring substituents is 2. The third kappa shape index (κ3) is 9.94. The second kappa shape index (κ2) is 13.0. The maximum absolute atomic E-state index is 12.2. The van der Waals surface area contributed by atoms with Crippen molar-refractivity contribution in [2.24, 2.45) is 16.5 Å². The fourth-order valence-corrected chi connectivity index (χ4v) is 2.81. The number of halogens is 8. The zero-order valence-electron chi connectivity index (χ0n) is 19.0. The number of benzene rings is 2. The predicted molar refractivity (Wildman–Crippen MR) is 121 cm³/mol. The summed E-state index contributed by atoms with van der Waals surface area (Å²) in [6.07, 6.45) is -10.1. The molecule has 1 amide bonds. The van der Waals surface area contributed by atoms with Gasteiger partial charge in [0.25, 0.3) is 17.3 Å². The van der Waals surface area contributed by atoms with Gasteiger partial charge in [0.2, 0.25) is 0 Å². The fourth-order valence-electron chi connectivity index (χ4n) is 2.42. The van der Waals surface area contributed by atoms with E-state index in [1.165, 1.54) is 0 Å². The van der Waals surface area contributed by atoms with Gasteiger partial charge >= 0.3 is 18.7 Å². The van der Waals surface area contributed by atoms with Crippen molar-refractivity contribution in [1.82, 2.24) is 0 Å². The van der Waals surface area contributed by atoms with Gasteiger partial charge in [-0.15, -0.1) is 26.3 Å². The third-order valence-corrected chi connectivity index (χ3v) is 4.40. The first-order chi connectivity index (χ1) is 18.2. The Morgan fingerprint density at radius 3 is 1.52 bits per heavy atom. The van der Waals surface area contributed by atoms with Crippen LogP contribution >= 0.6 is 23.2 Å². The van der Waals surface area contributed by atoms with E-state index in [-0.39, 0.29) is 0 Å². The first-order valence-corrected chi connectivity index (χ1v) is 10.1. The lowest BCUT2D eigenvalue weighted by Gasteiger charge is -2.11. The molecule has 0 fully saturated rings. The van der Waals surface area contributed by atoms with Crippen LogP contribution in [-0.2, 0) is 4.74 Å². The smallest absolute Gasteiger partial charge is 0.465 e. The Kier molecular flexibility index (Phi) is 10.8. The van der Waals surface area contributed by atoms with Gasteiger partial charge in [0.1, 0.15) is 22.6 Å². The maximum atomic E-state index is 12.2. The van der Waals surface area contributed by atoms with Crippen LogP contribution in [0, 0.1) is 20.2 Å². The number of nitro groups is 2. The molecule has 22 heteroatoms. The number of carbonyl (C=O) groups is 2. The van der Waals surface area contributed by atoms with Crippen LogP contribution in [0.25, 0.3) is 0 Å². The highest BCUT2D eigenvalue weighted by molar-refractivity contribution is 6.33. The Balaban J connectivity index is 0.000000402. The zero-order valence-corrected chi connectivity index (χ0v) is 20.5. The summed E-state index contributed by atoms with van der Waals surface area (Å²) in [5.41, 5.74) is 6.69. The minimum absolute atomic E-state index is 0.433. The van der Waals surface area contributed by atoms with Gasteiger partial charge in [-0.25, -0.2) is 4.79 Å². The summed E-state index contributed by atoms with van der Waals surface area (Å²) in [6, 6.07) is 2.04. The van der Waals surface area contributed by atoms with Crippen molar-refractivity contribution >= 4 is 52.4 Å². The summed E-state index contributed by atoms with van der Waals surface area (Å²) in [5, 5.41) is 20.1. The normalized spacial score (nSPS) is 10.9. The lowest BCUT2D eigenvalue weighted by molar-refractivity contribution is -0.385. The molecule has 0 aliphatic rings. The quantitative estimate of drug-likeness (QED) is 0.114. The second-order valence-electron chi connectivity index (χ2n) is 6.54. The molecule has 0 aliphatic heterocycles. The van der Waals surface area contributed by atoms with Gasteiger partial charge < -0.3 is 25.7 Å². The highest BCUT2D eigenvalue weighted by Crippen LogP contribution is 2.37. The molecule has 4 N–H and O–H groups in total. The van der Waals surface area contributed by atoms with E-state index < -0.39 is 84.5 Å². The monoisotopic (exact) mass is 625 g/mol. The van der Waals surface area contributed by atoms with Crippen LogP contribution < -0.4 is 20.9 Å². The Labute approximate surface area is 226 Å². The minimum Gasteiger partial charge on any atom is -0.465 e. The van der Waals surface area contributed by atoms with Crippen molar-refractivity contribution in [3.8, 4) is 11.5 Å². The number of alkyl halides is 6. The number of hydrogen-bond donors (Lipinski definition) is 2. The Morgan fingerprint density at radius 2 is 1.20 bits per heavy atom. The molecule has 0 aliphatic carbocycles. The van der Waals surface area contributed by atoms with E-state index in [1.54, 1.807) is 0 Å². The van der Waals surface area contributed by atoms with Crippen LogP contribution in [0.4, 0.5) is 37.7 Å². The molecule has 0 aromatic heterocycles. The highest BCUT2D eigenvalue weighted by Gasteiger charge is 2.35. The molecule has 0 spiro atoms. The van der Waals surface area contributed by atoms with E-state index in [0.29, 0.717) is 24.3 Å². The van der Waals surface area contributed by atoms with Crippen LogP contribution in [0.3, 0.4) is 0 Å². The molecule has 0 saturated carbocycles. The fraction of sp³-hybridized carbons (Fsp3) is 0.167. The Morgan fingerprint density at radius 1 is 0.825 bits per heavy atom. The molecule has 2 aromatic carbocycles. The molecule has 0 atom stereocenters. The molecule has 0 radical (unpaired) electrons. The number of guanidine groups is 1. The van der Waals surface area contributed by atoms with E-state index in [2.05, 4.69) is 19.2 Å². The molecule has 0 saturated heterocycles. The number of esters is 1. The number of aliphatic imine (C=N–C) groups is 1. The second-order valence-corrected chi connectivity index (χ2v) is 7.36. The van der Waals surface area contributed by atoms with Crippen molar-refractivity contribution in [3.05, 3.63) is 65.7 Å². The van der Waals surface area contributed by atoms with Crippen LogP contribution in [-0.4, -0.2) is 47.5 Å². The summed E-state index contributed by atoms with van der Waals surface area (Å²) in [4.78, 5) is 45.3. The highest BCUT2D eigenvalue weighted by atomic mass is 35.5. The first kappa shape index (κ1) is 33.4. The lowest BCUT2D eigenvalue weighted by atomic mass is 10.1. The molecular formula is C18H11Cl2F6N5O9. The van der Waals surface area contributed by atoms with Gasteiger partial charge in [-0.3, -0.25) is 25.0 Å². The summed E-state index contributed by atoms with van der Waals surface area (Å²) in [5.74, 6) is -5.15. The summed E-state index contributed by atoms with van der Waals surface area (Å²) in [7, 11) is 0.922. The summed E-state index contributed by atoms with van der Waals surface area (Å²) >= 11 is 10.9. The molecule has 2 rings (SSSR count). The van der Waals surface area contributed by atoms with Crippen LogP contribution in [0.5, 0.6) is 11.5 Å². The average molecular weight is 626 g/mol. The molecule has 0 heterocycles. The van der Waals surface area contributed by atoms with Crippen molar-refractivity contribution in [3.63, 3.8) is 0 Å². The van der Waals surface area contributed by atoms with Gasteiger partial charge in [-0.05, 0) is 0 Å². The summed E-state index contributed by atoms with van der Waals surface area (Å²) in [6.45, 7) is 0. The summed E-state index contributed by atoms with van der Waals surface area (Å²) < 4.78 is 84.0. The number of amides is 1. The molecule has 40 heavy (non-hydrogen) atoms. The van der Waals surface area contributed by atoms with Gasteiger partial charge in [-0.2, -0.15) is 4.99 Å². The van der Waals surface area contributed by atoms with Crippen molar-refractivity contribution in [1.29, 1.82) is 0 Å². The van der Waals surface area contributed by atoms with E-state index in [1.807, 2.05) is 0 Å². The number of nitrogens with two attached hydrogens (primary N) is 2. The van der Waals surface area contributed by atoms with Crippen molar-refractivity contribution in [2.45, 2.75) is 12.7 Å². The number of nitrogens with zero attached hydrogens (tertiary/aromatic N) is 3. The van der Waals surface area contributed by atoms with Gasteiger partial charge in [0.15, 0.2) is 5.96 Å². The topological polar surface area (TPSA) is 213 Å². The van der Waals surface area contributed by atoms with Crippen molar-refractivity contribution < 1.29 is 60.0 Å². The molecule has 218 valence electrons. The largest absolute Gasteiger partial charge is 0.573 e. The SMILES string of the molecule is COC(=O)c1cc(OC(F)(F)F)c(Cl)cc1[N+](=O)[O-].NC(N)=NC(=O)c1cc(OC(F)(F)F)c(Cl)cc1[N+](=O)[O-]. The molecule has 0 bridgehead atoms. The van der Waals surface area contributed by atoms with Crippen LogP contribution in [0.2, 0.25) is 10.0 Å². The van der Waals surface area contributed by atoms with E-state index in [0.717, 1.165) is 7.11 Å². The number of carbonyl (C=O) groups excluding carboxylic acids is 2. The maximum Gasteiger partial charge on any atom is 0.573 e. The first-order valence-electron chi connectivity index (χ1n) is 9.36. The zero-order chi connectivity index (χ0) is 31.2. The van der Waals surface area contributed by atoms with E-state index in [9.17, 15) is 56.2 Å². The number of hydrogen-bond acceptors (Lipinski definition) is 9. The van der Waals surface area contributed by atoms with Gasteiger partial charge in [-0.1, -0.05) is 23.2 Å². The average Bonchev–Trinajstić information content (AvgIpc) is 2.78. The molecular weight excluding hydrogens is 615 g/mol. The molecule has 0 unspecified atom stereocenters. The Bertz CT molecular complexity index is 1370. The number of rotatable bonds is 6. The predicted octanol–water partition coefficient (Wildman–Crippen LogP) is 4.49. The molecule has 14 nitrogen and oxygen atoms in total. The van der Waals surface area contributed by atoms with E-state index >= 15 is 0 Å². The number of ether oxygens (including phenoxy) is 3. The standard InChI is InChI=1S/C9H6ClF3N4O4.C9H5ClF3NO5/c10-4-2-5(17(19)20)3(7(18)16-8(14)15)1-6(4)21-9(11,12)13;1-18-8(15)4-2-7(19-9(11,12)13)5(10)3-6(4)14(16)17/h1-2H,(H4,14,15,16,18);2-3H,1H3. The van der Waals surface area contributed by atoms with Crippen LogP contribution in [0.15, 0.2) is 29.3 Å². The lowest BCUT2D eigenvalue weighted by Crippen LogP contribution is -2.24. The van der Waals surface area contributed by atoms with E-state index in [4.69, 9.17) is 34.7 Å². The van der Waals surface area contributed by atoms with Crippen LogP contribution in [0.1, 0.15) is 20.7 Å².